The van der Waals surface area contributed by atoms with E-state index in [0.717, 1.165) is 45.0 Å². The van der Waals surface area contributed by atoms with Crippen LogP contribution in [0.1, 0.15) is 16.7 Å². The van der Waals surface area contributed by atoms with E-state index in [4.69, 9.17) is 16.3 Å². The summed E-state index contributed by atoms with van der Waals surface area (Å²) in [6.45, 7) is 2.05. The average Bonchev–Trinajstić information content (AvgIpc) is 3.07. The first-order valence-electron chi connectivity index (χ1n) is 8.89. The zero-order valence-corrected chi connectivity index (χ0v) is 15.4. The van der Waals surface area contributed by atoms with Gasteiger partial charge in [0, 0.05) is 23.4 Å². The molecule has 3 heteroatoms. The molecule has 3 aromatic rings. The Labute approximate surface area is 159 Å². The van der Waals surface area contributed by atoms with Gasteiger partial charge in [0.25, 0.3) is 0 Å². The average molecular weight is 365 g/mol. The molecule has 0 radical (unpaired) electrons. The third-order valence-corrected chi connectivity index (χ3v) is 5.22. The van der Waals surface area contributed by atoms with Gasteiger partial charge >= 0.3 is 0 Å². The molecule has 4 rings (SSSR count). The molecule has 0 fully saturated rings. The van der Waals surface area contributed by atoms with Gasteiger partial charge in [-0.05, 0) is 41.3 Å². The summed E-state index contributed by atoms with van der Waals surface area (Å²) in [5.41, 5.74) is 5.56. The zero-order chi connectivity index (χ0) is 18.1. The fourth-order valence-corrected chi connectivity index (χ4v) is 3.86. The molecule has 0 aromatic heterocycles. The normalized spacial score (nSPS) is 16.8. The second kappa shape index (κ2) is 7.14. The summed E-state index contributed by atoms with van der Waals surface area (Å²) < 4.78 is 6.23. The third-order valence-electron chi connectivity index (χ3n) is 4.98. The maximum Gasteiger partial charge on any atom is 0.131 e. The predicted molar refractivity (Wildman–Crippen MR) is 106 cm³/mol. The van der Waals surface area contributed by atoms with Crippen molar-refractivity contribution in [3.63, 3.8) is 0 Å². The molecule has 2 unspecified atom stereocenters. The Morgan fingerprint density at radius 2 is 1.85 bits per heavy atom. The standard InChI is InChI=1S/C23H21ClO2/c1-15-12-18(24)10-11-19(15)20-9-5-8-17-14-22(26-23(17)20)21(25)13-16-6-3-2-4-7-16/h2-12,21-22,25H,13-14H2,1H3. The lowest BCUT2D eigenvalue weighted by atomic mass is 9.96. The van der Waals surface area contributed by atoms with Crippen molar-refractivity contribution in [3.05, 3.63) is 88.4 Å². The summed E-state index contributed by atoms with van der Waals surface area (Å²) in [5, 5.41) is 11.4. The van der Waals surface area contributed by atoms with Crippen LogP contribution in [0.25, 0.3) is 11.1 Å². The van der Waals surface area contributed by atoms with Crippen LogP contribution >= 0.6 is 11.6 Å². The Hall–Kier alpha value is -2.29. The van der Waals surface area contributed by atoms with E-state index < -0.39 is 6.10 Å². The van der Waals surface area contributed by atoms with Gasteiger partial charge in [-0.3, -0.25) is 0 Å². The van der Waals surface area contributed by atoms with Crippen molar-refractivity contribution < 1.29 is 9.84 Å². The molecule has 1 aliphatic rings. The Morgan fingerprint density at radius 3 is 2.62 bits per heavy atom. The molecule has 132 valence electrons. The van der Waals surface area contributed by atoms with Crippen molar-refractivity contribution in [3.8, 4) is 16.9 Å². The van der Waals surface area contributed by atoms with E-state index in [1.54, 1.807) is 0 Å². The number of hydrogen-bond donors (Lipinski definition) is 1. The van der Waals surface area contributed by atoms with Crippen molar-refractivity contribution in [1.82, 2.24) is 0 Å². The van der Waals surface area contributed by atoms with Crippen molar-refractivity contribution >= 4 is 11.6 Å². The Bertz CT molecular complexity index is 921. The molecule has 1 N–H and O–H groups in total. The van der Waals surface area contributed by atoms with Gasteiger partial charge in [0.2, 0.25) is 0 Å². The van der Waals surface area contributed by atoms with E-state index in [1.165, 1.54) is 0 Å². The first-order valence-corrected chi connectivity index (χ1v) is 9.26. The summed E-state index contributed by atoms with van der Waals surface area (Å²) in [4.78, 5) is 0. The number of rotatable bonds is 4. The lowest BCUT2D eigenvalue weighted by Crippen LogP contribution is -2.32. The minimum atomic E-state index is -0.538. The number of benzene rings is 3. The maximum atomic E-state index is 10.7. The molecular formula is C23H21ClO2. The maximum absolute atomic E-state index is 10.7. The highest BCUT2D eigenvalue weighted by Gasteiger charge is 2.31. The van der Waals surface area contributed by atoms with Crippen LogP contribution in [0.3, 0.4) is 0 Å². The molecule has 1 aliphatic heterocycles. The molecule has 0 saturated heterocycles. The van der Waals surface area contributed by atoms with Crippen molar-refractivity contribution in [1.29, 1.82) is 0 Å². The largest absolute Gasteiger partial charge is 0.486 e. The summed E-state index contributed by atoms with van der Waals surface area (Å²) in [7, 11) is 0. The van der Waals surface area contributed by atoms with Gasteiger partial charge < -0.3 is 9.84 Å². The molecule has 0 aliphatic carbocycles. The fraction of sp³-hybridized carbons (Fsp3) is 0.217. The number of para-hydroxylation sites is 1. The zero-order valence-electron chi connectivity index (χ0n) is 14.7. The molecule has 0 bridgehead atoms. The molecular weight excluding hydrogens is 344 g/mol. The minimum Gasteiger partial charge on any atom is -0.486 e. The topological polar surface area (TPSA) is 29.5 Å². The minimum absolute atomic E-state index is 0.223. The van der Waals surface area contributed by atoms with Gasteiger partial charge in [-0.1, -0.05) is 66.2 Å². The van der Waals surface area contributed by atoms with E-state index in [2.05, 4.69) is 25.1 Å². The van der Waals surface area contributed by atoms with Crippen LogP contribution in [0.5, 0.6) is 5.75 Å². The number of aliphatic hydroxyl groups is 1. The lowest BCUT2D eigenvalue weighted by molar-refractivity contribution is 0.0505. The summed E-state index contributed by atoms with van der Waals surface area (Å²) in [5.74, 6) is 0.884. The summed E-state index contributed by atoms with van der Waals surface area (Å²) in [6, 6.07) is 22.1. The second-order valence-electron chi connectivity index (χ2n) is 6.87. The quantitative estimate of drug-likeness (QED) is 0.687. The van der Waals surface area contributed by atoms with E-state index in [-0.39, 0.29) is 6.10 Å². The second-order valence-corrected chi connectivity index (χ2v) is 7.31. The summed E-state index contributed by atoms with van der Waals surface area (Å²) >= 11 is 6.10. The third kappa shape index (κ3) is 3.35. The molecule has 0 saturated carbocycles. The number of aliphatic hydroxyl groups excluding tert-OH is 1. The van der Waals surface area contributed by atoms with Gasteiger partial charge in [0.1, 0.15) is 11.9 Å². The monoisotopic (exact) mass is 364 g/mol. The smallest absolute Gasteiger partial charge is 0.131 e. The number of ether oxygens (including phenoxy) is 1. The SMILES string of the molecule is Cc1cc(Cl)ccc1-c1cccc2c1OC(C(O)Cc1ccccc1)C2. The van der Waals surface area contributed by atoms with Crippen LogP contribution < -0.4 is 4.74 Å². The Kier molecular flexibility index (Phi) is 4.71. The van der Waals surface area contributed by atoms with Gasteiger partial charge in [-0.15, -0.1) is 0 Å². The van der Waals surface area contributed by atoms with E-state index in [0.29, 0.717) is 6.42 Å². The van der Waals surface area contributed by atoms with Crippen LogP contribution in [-0.4, -0.2) is 17.3 Å². The van der Waals surface area contributed by atoms with Gasteiger partial charge in [0.05, 0.1) is 6.10 Å². The molecule has 0 amide bonds. The molecule has 2 nitrogen and oxygen atoms in total. The molecule has 26 heavy (non-hydrogen) atoms. The van der Waals surface area contributed by atoms with Gasteiger partial charge in [0.15, 0.2) is 0 Å². The van der Waals surface area contributed by atoms with Crippen LogP contribution in [0.15, 0.2) is 66.7 Å². The molecule has 1 heterocycles. The Morgan fingerprint density at radius 1 is 1.04 bits per heavy atom. The lowest BCUT2D eigenvalue weighted by Gasteiger charge is -2.19. The highest BCUT2D eigenvalue weighted by Crippen LogP contribution is 2.41. The molecule has 3 aromatic carbocycles. The molecule has 0 spiro atoms. The van der Waals surface area contributed by atoms with Crippen LogP contribution in [-0.2, 0) is 12.8 Å². The predicted octanol–water partition coefficient (Wildman–Crippen LogP) is 5.22. The van der Waals surface area contributed by atoms with Crippen molar-refractivity contribution in [2.75, 3.05) is 0 Å². The van der Waals surface area contributed by atoms with Crippen LogP contribution in [0.2, 0.25) is 5.02 Å². The highest BCUT2D eigenvalue weighted by molar-refractivity contribution is 6.30. The van der Waals surface area contributed by atoms with E-state index >= 15 is 0 Å². The first kappa shape index (κ1) is 17.1. The van der Waals surface area contributed by atoms with Crippen molar-refractivity contribution in [2.45, 2.75) is 32.0 Å². The van der Waals surface area contributed by atoms with Crippen LogP contribution in [0, 0.1) is 6.92 Å². The number of halogens is 1. The van der Waals surface area contributed by atoms with Crippen LogP contribution in [0.4, 0.5) is 0 Å². The Balaban J connectivity index is 1.59. The molecule has 2 atom stereocenters. The van der Waals surface area contributed by atoms with Gasteiger partial charge in [-0.25, -0.2) is 0 Å². The van der Waals surface area contributed by atoms with Crippen molar-refractivity contribution in [2.24, 2.45) is 0 Å². The number of hydrogen-bond acceptors (Lipinski definition) is 2. The van der Waals surface area contributed by atoms with E-state index in [9.17, 15) is 5.11 Å². The highest BCUT2D eigenvalue weighted by atomic mass is 35.5. The number of fused-ring (bicyclic) bond motifs is 1. The summed E-state index contributed by atoms with van der Waals surface area (Å²) in [6.07, 6.45) is 0.557. The van der Waals surface area contributed by atoms with Gasteiger partial charge in [-0.2, -0.15) is 0 Å². The first-order chi connectivity index (χ1) is 12.6. The fourth-order valence-electron chi connectivity index (χ4n) is 3.64. The van der Waals surface area contributed by atoms with E-state index in [1.807, 2.05) is 48.5 Å². The number of aryl methyl sites for hydroxylation is 1.